The van der Waals surface area contributed by atoms with Gasteiger partial charge in [-0.05, 0) is 19.1 Å². The number of nitrogens with two attached hydrogens (primary N) is 1. The van der Waals surface area contributed by atoms with Crippen molar-refractivity contribution in [3.8, 4) is 11.4 Å². The predicted molar refractivity (Wildman–Crippen MR) is 82.0 cm³/mol. The van der Waals surface area contributed by atoms with Crippen LogP contribution in [0, 0.1) is 6.92 Å². The van der Waals surface area contributed by atoms with Crippen molar-refractivity contribution < 1.29 is 4.74 Å². The molecule has 0 aliphatic heterocycles. The zero-order chi connectivity index (χ0) is 14.8. The molecule has 1 aromatic carbocycles. The Labute approximate surface area is 116 Å². The maximum Gasteiger partial charge on any atom is 0.144 e. The van der Waals surface area contributed by atoms with Gasteiger partial charge in [-0.2, -0.15) is 0 Å². The summed E-state index contributed by atoms with van der Waals surface area (Å²) in [6.07, 6.45) is 3.69. The number of nitrogen functional groups attached to an aromatic ring is 1. The van der Waals surface area contributed by atoms with E-state index in [-0.39, 0.29) is 0 Å². The summed E-state index contributed by atoms with van der Waals surface area (Å²) >= 11 is 0. The minimum Gasteiger partial charge on any atom is -0.494 e. The van der Waals surface area contributed by atoms with Crippen molar-refractivity contribution in [3.63, 3.8) is 0 Å². The van der Waals surface area contributed by atoms with E-state index in [2.05, 4.69) is 4.98 Å². The third-order valence-electron chi connectivity index (χ3n) is 2.19. The van der Waals surface area contributed by atoms with Crippen LogP contribution < -0.4 is 10.5 Å². The highest BCUT2D eigenvalue weighted by molar-refractivity contribution is 5.55. The van der Waals surface area contributed by atoms with Gasteiger partial charge in [0.25, 0.3) is 0 Å². The molecule has 0 saturated heterocycles. The Balaban J connectivity index is 0.000000741. The second-order valence-corrected chi connectivity index (χ2v) is 3.35. The van der Waals surface area contributed by atoms with Gasteiger partial charge < -0.3 is 15.0 Å². The van der Waals surface area contributed by atoms with E-state index in [9.17, 15) is 0 Å². The summed E-state index contributed by atoms with van der Waals surface area (Å²) in [5.41, 5.74) is 8.27. The van der Waals surface area contributed by atoms with E-state index in [1.54, 1.807) is 19.5 Å². The van der Waals surface area contributed by atoms with E-state index in [0.29, 0.717) is 5.69 Å². The summed E-state index contributed by atoms with van der Waals surface area (Å²) in [6, 6.07) is 5.55. The molecule has 1 aromatic heterocycles. The molecule has 0 amide bonds. The van der Waals surface area contributed by atoms with E-state index in [4.69, 9.17) is 10.5 Å². The van der Waals surface area contributed by atoms with Gasteiger partial charge >= 0.3 is 0 Å². The van der Waals surface area contributed by atoms with E-state index in [1.165, 1.54) is 0 Å². The lowest BCUT2D eigenvalue weighted by atomic mass is 10.2. The molecule has 0 fully saturated rings. The van der Waals surface area contributed by atoms with Crippen LogP contribution in [0.3, 0.4) is 0 Å². The molecule has 0 aliphatic carbocycles. The topological polar surface area (TPSA) is 53.1 Å². The first-order chi connectivity index (χ1) is 9.20. The maximum absolute atomic E-state index is 5.68. The van der Waals surface area contributed by atoms with Gasteiger partial charge in [-0.1, -0.05) is 27.7 Å². The van der Waals surface area contributed by atoms with Gasteiger partial charge in [0, 0.05) is 18.0 Å². The average molecular weight is 263 g/mol. The predicted octanol–water partition coefficient (Wildman–Crippen LogP) is 3.82. The van der Waals surface area contributed by atoms with Crippen LogP contribution in [0.2, 0.25) is 0 Å². The van der Waals surface area contributed by atoms with E-state index < -0.39 is 0 Å². The number of hydrogen-bond acceptors (Lipinski definition) is 3. The Bertz CT molecular complexity index is 478. The van der Waals surface area contributed by atoms with Crippen LogP contribution in [0.4, 0.5) is 5.69 Å². The minimum atomic E-state index is 0.687. The molecule has 0 spiro atoms. The van der Waals surface area contributed by atoms with E-state index in [0.717, 1.165) is 17.1 Å². The summed E-state index contributed by atoms with van der Waals surface area (Å²) in [7, 11) is 1.63. The molecule has 0 radical (unpaired) electrons. The van der Waals surface area contributed by atoms with Gasteiger partial charge in [-0.15, -0.1) is 0 Å². The zero-order valence-corrected chi connectivity index (χ0v) is 12.8. The van der Waals surface area contributed by atoms with E-state index >= 15 is 0 Å². The normalized spacial score (nSPS) is 8.74. The Kier molecular flexibility index (Phi) is 8.09. The molecule has 2 aromatic rings. The molecule has 0 unspecified atom stereocenters. The number of anilines is 1. The average Bonchev–Trinajstić information content (AvgIpc) is 2.89. The number of ether oxygens (including phenoxy) is 1. The fourth-order valence-electron chi connectivity index (χ4n) is 1.46. The van der Waals surface area contributed by atoms with Crippen molar-refractivity contribution in [2.24, 2.45) is 0 Å². The molecular weight excluding hydrogens is 238 g/mol. The summed E-state index contributed by atoms with van der Waals surface area (Å²) in [5.74, 6) is 0.743. The number of benzene rings is 1. The lowest BCUT2D eigenvalue weighted by Gasteiger charge is -2.09. The first-order valence-corrected chi connectivity index (χ1v) is 6.65. The SMILES string of the molecule is CC.CC.COc1cc(N)ccc1-n1cnc(C)c1. The van der Waals surface area contributed by atoms with Gasteiger partial charge in [0.05, 0.1) is 24.8 Å². The standard InChI is InChI=1S/C11H13N3O.2C2H6/c1-8-6-14(7-13-8)10-4-3-9(12)5-11(10)15-2;2*1-2/h3-7H,12H2,1-2H3;2*1-2H3. The second-order valence-electron chi connectivity index (χ2n) is 3.35. The second kappa shape index (κ2) is 9.03. The molecule has 0 bridgehead atoms. The Morgan fingerprint density at radius 3 is 2.26 bits per heavy atom. The molecule has 4 nitrogen and oxygen atoms in total. The molecular formula is C15H25N3O. The van der Waals surface area contributed by atoms with Crippen molar-refractivity contribution >= 4 is 5.69 Å². The molecule has 1 heterocycles. The van der Waals surface area contributed by atoms with Gasteiger partial charge in [-0.25, -0.2) is 4.98 Å². The first-order valence-electron chi connectivity index (χ1n) is 6.65. The fourth-order valence-corrected chi connectivity index (χ4v) is 1.46. The lowest BCUT2D eigenvalue weighted by molar-refractivity contribution is 0.413. The highest BCUT2D eigenvalue weighted by atomic mass is 16.5. The first kappa shape index (κ1) is 17.0. The monoisotopic (exact) mass is 263 g/mol. The molecule has 2 N–H and O–H groups in total. The van der Waals surface area contributed by atoms with Crippen molar-refractivity contribution in [1.29, 1.82) is 0 Å². The molecule has 0 aliphatic rings. The smallest absolute Gasteiger partial charge is 0.144 e. The molecule has 4 heteroatoms. The van der Waals surface area contributed by atoms with Gasteiger partial charge in [0.1, 0.15) is 5.75 Å². The van der Waals surface area contributed by atoms with Gasteiger partial charge in [0.15, 0.2) is 0 Å². The Morgan fingerprint density at radius 1 is 1.16 bits per heavy atom. The fraction of sp³-hybridized carbons (Fsp3) is 0.400. The number of hydrogen-bond donors (Lipinski definition) is 1. The van der Waals surface area contributed by atoms with Crippen LogP contribution in [-0.2, 0) is 0 Å². The number of aromatic nitrogens is 2. The van der Waals surface area contributed by atoms with Crippen molar-refractivity contribution in [3.05, 3.63) is 36.4 Å². The summed E-state index contributed by atoms with van der Waals surface area (Å²) < 4.78 is 7.17. The Morgan fingerprint density at radius 2 is 1.79 bits per heavy atom. The van der Waals surface area contributed by atoms with Crippen LogP contribution in [-0.4, -0.2) is 16.7 Å². The third kappa shape index (κ3) is 4.66. The number of aryl methyl sites for hydroxylation is 1. The molecule has 106 valence electrons. The minimum absolute atomic E-state index is 0.687. The van der Waals surface area contributed by atoms with Crippen LogP contribution in [0.15, 0.2) is 30.7 Å². The number of nitrogens with zero attached hydrogens (tertiary/aromatic N) is 2. The quantitative estimate of drug-likeness (QED) is 0.838. The largest absolute Gasteiger partial charge is 0.494 e. The van der Waals surface area contributed by atoms with Gasteiger partial charge in [0.2, 0.25) is 0 Å². The van der Waals surface area contributed by atoms with Crippen LogP contribution in [0.1, 0.15) is 33.4 Å². The van der Waals surface area contributed by atoms with Gasteiger partial charge in [-0.3, -0.25) is 0 Å². The summed E-state index contributed by atoms with van der Waals surface area (Å²) in [4.78, 5) is 4.17. The summed E-state index contributed by atoms with van der Waals surface area (Å²) in [6.45, 7) is 9.94. The highest BCUT2D eigenvalue weighted by Gasteiger charge is 2.05. The highest BCUT2D eigenvalue weighted by Crippen LogP contribution is 2.25. The molecule has 0 saturated carbocycles. The number of rotatable bonds is 2. The number of methoxy groups -OCH3 is 1. The molecule has 2 rings (SSSR count). The van der Waals surface area contributed by atoms with Crippen LogP contribution in [0.25, 0.3) is 5.69 Å². The van der Waals surface area contributed by atoms with Crippen molar-refractivity contribution in [2.45, 2.75) is 34.6 Å². The maximum atomic E-state index is 5.68. The Hall–Kier alpha value is -1.97. The van der Waals surface area contributed by atoms with Crippen molar-refractivity contribution in [1.82, 2.24) is 9.55 Å². The van der Waals surface area contributed by atoms with Crippen LogP contribution >= 0.6 is 0 Å². The lowest BCUT2D eigenvalue weighted by Crippen LogP contribution is -1.96. The molecule has 0 atom stereocenters. The zero-order valence-electron chi connectivity index (χ0n) is 12.8. The van der Waals surface area contributed by atoms with Crippen LogP contribution in [0.5, 0.6) is 5.75 Å². The summed E-state index contributed by atoms with van der Waals surface area (Å²) in [5, 5.41) is 0. The van der Waals surface area contributed by atoms with Crippen molar-refractivity contribution in [2.75, 3.05) is 12.8 Å². The van der Waals surface area contributed by atoms with E-state index in [1.807, 2.05) is 57.5 Å². The molecule has 19 heavy (non-hydrogen) atoms. The number of imidazole rings is 1. The third-order valence-corrected chi connectivity index (χ3v) is 2.19.